The van der Waals surface area contributed by atoms with Crippen molar-refractivity contribution in [2.24, 2.45) is 0 Å². The summed E-state index contributed by atoms with van der Waals surface area (Å²) in [7, 11) is 3.00. The van der Waals surface area contributed by atoms with Crippen molar-refractivity contribution in [2.75, 3.05) is 20.0 Å². The summed E-state index contributed by atoms with van der Waals surface area (Å²) in [5, 5.41) is 0. The molecule has 5 nitrogen and oxygen atoms in total. The average Bonchev–Trinajstić information content (AvgIpc) is 2.05. The Labute approximate surface area is 70.5 Å². The van der Waals surface area contributed by atoms with Crippen LogP contribution in [0.2, 0.25) is 0 Å². The summed E-state index contributed by atoms with van der Waals surface area (Å²) in [5.74, 6) is 0.995. The van der Waals surface area contributed by atoms with Crippen molar-refractivity contribution in [3.8, 4) is 11.8 Å². The predicted octanol–water partition coefficient (Wildman–Crippen LogP) is 0.384. The largest absolute Gasteiger partial charge is 0.480 e. The highest BCUT2D eigenvalue weighted by Crippen LogP contribution is 2.21. The van der Waals surface area contributed by atoms with Crippen molar-refractivity contribution in [1.29, 1.82) is 0 Å². The van der Waals surface area contributed by atoms with Crippen LogP contribution in [0.5, 0.6) is 11.8 Å². The van der Waals surface area contributed by atoms with Gasteiger partial charge in [0, 0.05) is 0 Å². The Morgan fingerprint density at radius 2 is 1.67 bits per heavy atom. The van der Waals surface area contributed by atoms with Gasteiger partial charge in [0.05, 0.1) is 14.2 Å². The SMILES string of the molecule is COc1nc(OC)c(N)nc1C. The summed E-state index contributed by atoms with van der Waals surface area (Å²) < 4.78 is 9.80. The van der Waals surface area contributed by atoms with Crippen LogP contribution in [0.1, 0.15) is 5.69 Å². The molecule has 1 rings (SSSR count). The Kier molecular flexibility index (Phi) is 2.32. The van der Waals surface area contributed by atoms with Crippen molar-refractivity contribution in [1.82, 2.24) is 9.97 Å². The molecule has 0 radical (unpaired) electrons. The molecule has 0 aliphatic heterocycles. The van der Waals surface area contributed by atoms with Crippen LogP contribution in [-0.4, -0.2) is 24.2 Å². The van der Waals surface area contributed by atoms with E-state index in [1.807, 2.05) is 0 Å². The number of methoxy groups -OCH3 is 2. The first-order valence-electron chi connectivity index (χ1n) is 3.41. The van der Waals surface area contributed by atoms with Gasteiger partial charge in [0.15, 0.2) is 5.82 Å². The maximum absolute atomic E-state index is 5.50. The molecule has 0 bridgehead atoms. The topological polar surface area (TPSA) is 70.3 Å². The van der Waals surface area contributed by atoms with Gasteiger partial charge in [0.1, 0.15) is 5.69 Å². The molecule has 0 saturated heterocycles. The number of nitrogen functional groups attached to an aromatic ring is 1. The van der Waals surface area contributed by atoms with E-state index < -0.39 is 0 Å². The summed E-state index contributed by atoms with van der Waals surface area (Å²) >= 11 is 0. The quantitative estimate of drug-likeness (QED) is 0.693. The molecule has 0 amide bonds. The molecule has 5 heteroatoms. The third-order valence-corrected chi connectivity index (χ3v) is 1.41. The highest BCUT2D eigenvalue weighted by atomic mass is 16.5. The van der Waals surface area contributed by atoms with Gasteiger partial charge in [-0.2, -0.15) is 4.98 Å². The first-order valence-corrected chi connectivity index (χ1v) is 3.41. The number of aryl methyl sites for hydroxylation is 1. The molecule has 1 heterocycles. The number of hydrogen-bond donors (Lipinski definition) is 1. The number of rotatable bonds is 2. The normalized spacial score (nSPS) is 9.58. The van der Waals surface area contributed by atoms with Gasteiger partial charge in [-0.3, -0.25) is 0 Å². The molecule has 0 aromatic carbocycles. The lowest BCUT2D eigenvalue weighted by Crippen LogP contribution is -2.02. The first-order chi connectivity index (χ1) is 5.69. The Balaban J connectivity index is 3.18. The first kappa shape index (κ1) is 8.58. The van der Waals surface area contributed by atoms with Crippen LogP contribution in [0.15, 0.2) is 0 Å². The maximum Gasteiger partial charge on any atom is 0.260 e. The number of nitrogens with two attached hydrogens (primary N) is 1. The summed E-state index contributed by atoms with van der Waals surface area (Å²) in [6, 6.07) is 0. The molecular formula is C7H11N3O2. The van der Waals surface area contributed by atoms with Crippen LogP contribution in [0.4, 0.5) is 5.82 Å². The number of nitrogens with zero attached hydrogens (tertiary/aromatic N) is 2. The van der Waals surface area contributed by atoms with Crippen LogP contribution >= 0.6 is 0 Å². The van der Waals surface area contributed by atoms with Gasteiger partial charge in [0.2, 0.25) is 5.88 Å². The fourth-order valence-corrected chi connectivity index (χ4v) is 0.850. The van der Waals surface area contributed by atoms with Gasteiger partial charge in [-0.1, -0.05) is 0 Å². The Morgan fingerprint density at radius 1 is 1.08 bits per heavy atom. The standard InChI is InChI=1S/C7H11N3O2/c1-4-6(11-2)10-7(12-3)5(8)9-4/h1-3H3,(H2,8,9). The highest BCUT2D eigenvalue weighted by Gasteiger charge is 2.08. The highest BCUT2D eigenvalue weighted by molar-refractivity contribution is 5.43. The Hall–Kier alpha value is -1.52. The number of hydrogen-bond acceptors (Lipinski definition) is 5. The molecule has 1 aromatic heterocycles. The summed E-state index contributed by atoms with van der Waals surface area (Å²) in [5.41, 5.74) is 6.15. The Morgan fingerprint density at radius 3 is 2.17 bits per heavy atom. The molecule has 12 heavy (non-hydrogen) atoms. The zero-order valence-corrected chi connectivity index (χ0v) is 7.29. The van der Waals surface area contributed by atoms with E-state index in [-0.39, 0.29) is 11.7 Å². The zero-order chi connectivity index (χ0) is 9.14. The van der Waals surface area contributed by atoms with Gasteiger partial charge in [-0.25, -0.2) is 4.98 Å². The van der Waals surface area contributed by atoms with Crippen molar-refractivity contribution in [2.45, 2.75) is 6.92 Å². The summed E-state index contributed by atoms with van der Waals surface area (Å²) in [4.78, 5) is 7.96. The summed E-state index contributed by atoms with van der Waals surface area (Å²) in [6.45, 7) is 1.77. The van der Waals surface area contributed by atoms with E-state index in [0.717, 1.165) is 0 Å². The third kappa shape index (κ3) is 1.39. The molecule has 66 valence electrons. The summed E-state index contributed by atoms with van der Waals surface area (Å²) in [6.07, 6.45) is 0. The van der Waals surface area contributed by atoms with Gasteiger partial charge in [-0.15, -0.1) is 0 Å². The molecule has 0 saturated carbocycles. The van der Waals surface area contributed by atoms with Crippen LogP contribution in [0.25, 0.3) is 0 Å². The molecule has 0 aliphatic carbocycles. The molecule has 0 aliphatic rings. The van der Waals surface area contributed by atoms with Crippen molar-refractivity contribution in [3.05, 3.63) is 5.69 Å². The lowest BCUT2D eigenvalue weighted by molar-refractivity contribution is 0.360. The minimum absolute atomic E-state index is 0.274. The molecule has 2 N–H and O–H groups in total. The molecule has 0 spiro atoms. The van der Waals surface area contributed by atoms with Crippen molar-refractivity contribution < 1.29 is 9.47 Å². The monoisotopic (exact) mass is 169 g/mol. The predicted molar refractivity (Wildman–Crippen MR) is 44.3 cm³/mol. The average molecular weight is 169 g/mol. The zero-order valence-electron chi connectivity index (χ0n) is 7.29. The Bertz CT molecular complexity index is 263. The third-order valence-electron chi connectivity index (χ3n) is 1.41. The number of ether oxygens (including phenoxy) is 2. The van der Waals surface area contributed by atoms with Crippen LogP contribution in [-0.2, 0) is 0 Å². The van der Waals surface area contributed by atoms with Gasteiger partial charge in [-0.05, 0) is 6.92 Å². The van der Waals surface area contributed by atoms with E-state index in [2.05, 4.69) is 9.97 Å². The van der Waals surface area contributed by atoms with E-state index in [1.165, 1.54) is 14.2 Å². The lowest BCUT2D eigenvalue weighted by atomic mass is 10.4. The van der Waals surface area contributed by atoms with E-state index >= 15 is 0 Å². The van der Waals surface area contributed by atoms with Crippen LogP contribution in [0.3, 0.4) is 0 Å². The second-order valence-corrected chi connectivity index (χ2v) is 2.21. The molecule has 1 aromatic rings. The smallest absolute Gasteiger partial charge is 0.260 e. The fraction of sp³-hybridized carbons (Fsp3) is 0.429. The number of anilines is 1. The minimum atomic E-state index is 0.274. The van der Waals surface area contributed by atoms with E-state index in [0.29, 0.717) is 11.6 Å². The molecular weight excluding hydrogens is 158 g/mol. The van der Waals surface area contributed by atoms with E-state index in [1.54, 1.807) is 6.92 Å². The van der Waals surface area contributed by atoms with E-state index in [4.69, 9.17) is 15.2 Å². The van der Waals surface area contributed by atoms with Gasteiger partial charge < -0.3 is 15.2 Å². The van der Waals surface area contributed by atoms with E-state index in [9.17, 15) is 0 Å². The maximum atomic E-state index is 5.50. The lowest BCUT2D eigenvalue weighted by Gasteiger charge is -2.06. The van der Waals surface area contributed by atoms with Crippen molar-refractivity contribution in [3.63, 3.8) is 0 Å². The molecule has 0 fully saturated rings. The van der Waals surface area contributed by atoms with Crippen LogP contribution in [0, 0.1) is 6.92 Å². The number of aromatic nitrogens is 2. The molecule has 0 unspecified atom stereocenters. The van der Waals surface area contributed by atoms with Crippen molar-refractivity contribution >= 4 is 5.82 Å². The second kappa shape index (κ2) is 3.25. The minimum Gasteiger partial charge on any atom is -0.480 e. The van der Waals surface area contributed by atoms with Gasteiger partial charge >= 0.3 is 0 Å². The van der Waals surface area contributed by atoms with Gasteiger partial charge in [0.25, 0.3) is 5.88 Å². The molecule has 0 atom stereocenters. The fourth-order valence-electron chi connectivity index (χ4n) is 0.850. The second-order valence-electron chi connectivity index (χ2n) is 2.21. The van der Waals surface area contributed by atoms with Crippen LogP contribution < -0.4 is 15.2 Å².